The lowest BCUT2D eigenvalue weighted by Crippen LogP contribution is -2.23. The van der Waals surface area contributed by atoms with Crippen molar-refractivity contribution in [1.82, 2.24) is 10.6 Å². The van der Waals surface area contributed by atoms with Crippen LogP contribution in [0.4, 0.5) is 0 Å². The van der Waals surface area contributed by atoms with Gasteiger partial charge in [-0.25, -0.2) is 0 Å². The minimum Gasteiger partial charge on any atom is -0.317 e. The van der Waals surface area contributed by atoms with Crippen molar-refractivity contribution in [2.45, 2.75) is 26.2 Å². The molecule has 0 unspecified atom stereocenters. The molecule has 0 atom stereocenters. The van der Waals surface area contributed by atoms with Crippen molar-refractivity contribution in [2.24, 2.45) is 0 Å². The second kappa shape index (κ2) is 9.37. The van der Waals surface area contributed by atoms with Crippen molar-refractivity contribution in [3.8, 4) is 0 Å². The van der Waals surface area contributed by atoms with E-state index in [1.165, 1.54) is 18.4 Å². The maximum absolute atomic E-state index is 3.47. The van der Waals surface area contributed by atoms with Crippen molar-refractivity contribution in [3.63, 3.8) is 0 Å². The van der Waals surface area contributed by atoms with Crippen LogP contribution in [0.5, 0.6) is 0 Å². The van der Waals surface area contributed by atoms with E-state index in [0.717, 1.165) is 32.6 Å². The molecule has 0 saturated heterocycles. The molecule has 2 heteroatoms. The van der Waals surface area contributed by atoms with Gasteiger partial charge in [0.1, 0.15) is 0 Å². The summed E-state index contributed by atoms with van der Waals surface area (Å²) >= 11 is 0. The summed E-state index contributed by atoms with van der Waals surface area (Å²) in [6.07, 6.45) is 3.57. The first-order valence-corrected chi connectivity index (χ1v) is 6.39. The van der Waals surface area contributed by atoms with E-state index in [9.17, 15) is 0 Å². The van der Waals surface area contributed by atoms with E-state index in [1.807, 2.05) is 0 Å². The lowest BCUT2D eigenvalue weighted by Gasteiger charge is -2.05. The van der Waals surface area contributed by atoms with Crippen LogP contribution in [0.2, 0.25) is 0 Å². The third-order valence-electron chi connectivity index (χ3n) is 2.57. The van der Waals surface area contributed by atoms with Gasteiger partial charge < -0.3 is 10.6 Å². The van der Waals surface area contributed by atoms with E-state index in [2.05, 4.69) is 47.9 Å². The third kappa shape index (κ3) is 6.59. The lowest BCUT2D eigenvalue weighted by atomic mass is 10.1. The number of hydrogen-bond acceptors (Lipinski definition) is 2. The zero-order valence-corrected chi connectivity index (χ0v) is 10.3. The molecule has 0 spiro atoms. The molecule has 16 heavy (non-hydrogen) atoms. The van der Waals surface area contributed by atoms with Crippen LogP contribution in [0.25, 0.3) is 0 Å². The minimum absolute atomic E-state index is 1.08. The van der Waals surface area contributed by atoms with Crippen LogP contribution in [-0.4, -0.2) is 26.2 Å². The molecule has 90 valence electrons. The molecule has 0 aliphatic rings. The van der Waals surface area contributed by atoms with Gasteiger partial charge in [0.2, 0.25) is 0 Å². The maximum atomic E-state index is 3.47. The van der Waals surface area contributed by atoms with Crippen molar-refractivity contribution < 1.29 is 0 Å². The SMILES string of the molecule is CCCNCCCNCCc1ccccc1. The summed E-state index contributed by atoms with van der Waals surface area (Å²) in [5.41, 5.74) is 1.42. The van der Waals surface area contributed by atoms with E-state index >= 15 is 0 Å². The molecule has 0 heterocycles. The molecule has 0 aromatic heterocycles. The average Bonchev–Trinajstić information content (AvgIpc) is 2.34. The molecule has 0 fully saturated rings. The number of hydrogen-bond donors (Lipinski definition) is 2. The van der Waals surface area contributed by atoms with E-state index in [4.69, 9.17) is 0 Å². The molecule has 0 amide bonds. The van der Waals surface area contributed by atoms with E-state index in [1.54, 1.807) is 0 Å². The Bertz CT molecular complexity index is 246. The standard InChI is InChI=1S/C14H24N2/c1-2-10-15-11-6-12-16-13-9-14-7-4-3-5-8-14/h3-5,7-8,15-16H,2,6,9-13H2,1H3. The van der Waals surface area contributed by atoms with Gasteiger partial charge in [-0.3, -0.25) is 0 Å². The summed E-state index contributed by atoms with van der Waals surface area (Å²) in [5.74, 6) is 0. The molecule has 1 aromatic rings. The highest BCUT2D eigenvalue weighted by Gasteiger charge is 1.91. The van der Waals surface area contributed by atoms with Crippen LogP contribution in [0.15, 0.2) is 30.3 Å². The quantitative estimate of drug-likeness (QED) is 0.624. The number of rotatable bonds is 9. The fourth-order valence-electron chi connectivity index (χ4n) is 1.64. The first kappa shape index (κ1) is 13.2. The van der Waals surface area contributed by atoms with E-state index in [-0.39, 0.29) is 0 Å². The first-order valence-electron chi connectivity index (χ1n) is 6.39. The average molecular weight is 220 g/mol. The van der Waals surface area contributed by atoms with E-state index in [0.29, 0.717) is 0 Å². The van der Waals surface area contributed by atoms with E-state index < -0.39 is 0 Å². The van der Waals surface area contributed by atoms with Gasteiger partial charge in [0, 0.05) is 0 Å². The minimum atomic E-state index is 1.08. The van der Waals surface area contributed by atoms with Crippen molar-refractivity contribution in [2.75, 3.05) is 26.2 Å². The van der Waals surface area contributed by atoms with Crippen LogP contribution in [0, 0.1) is 0 Å². The van der Waals surface area contributed by atoms with Gasteiger partial charge in [-0.1, -0.05) is 37.3 Å². The highest BCUT2D eigenvalue weighted by Crippen LogP contribution is 1.97. The monoisotopic (exact) mass is 220 g/mol. The second-order valence-electron chi connectivity index (χ2n) is 4.09. The van der Waals surface area contributed by atoms with Gasteiger partial charge in [0.05, 0.1) is 0 Å². The van der Waals surface area contributed by atoms with Gasteiger partial charge in [-0.05, 0) is 51.0 Å². The molecule has 2 N–H and O–H groups in total. The van der Waals surface area contributed by atoms with Gasteiger partial charge in [0.25, 0.3) is 0 Å². The van der Waals surface area contributed by atoms with Gasteiger partial charge in [0.15, 0.2) is 0 Å². The van der Waals surface area contributed by atoms with Crippen LogP contribution in [0.1, 0.15) is 25.3 Å². The normalized spacial score (nSPS) is 10.6. The number of benzene rings is 1. The van der Waals surface area contributed by atoms with Gasteiger partial charge >= 0.3 is 0 Å². The zero-order chi connectivity index (χ0) is 11.5. The Balaban J connectivity index is 1.89. The maximum Gasteiger partial charge on any atom is -0.000834 e. The highest BCUT2D eigenvalue weighted by atomic mass is 14.9. The Morgan fingerprint density at radius 3 is 2.25 bits per heavy atom. The second-order valence-corrected chi connectivity index (χ2v) is 4.09. The van der Waals surface area contributed by atoms with Crippen LogP contribution in [0.3, 0.4) is 0 Å². The smallest absolute Gasteiger partial charge is 0.000834 e. The molecule has 0 aliphatic carbocycles. The third-order valence-corrected chi connectivity index (χ3v) is 2.57. The van der Waals surface area contributed by atoms with Crippen LogP contribution < -0.4 is 10.6 Å². The summed E-state index contributed by atoms with van der Waals surface area (Å²) < 4.78 is 0. The molecular formula is C14H24N2. The van der Waals surface area contributed by atoms with Crippen molar-refractivity contribution in [1.29, 1.82) is 0 Å². The molecule has 1 aromatic carbocycles. The first-order chi connectivity index (χ1) is 7.93. The molecule has 1 rings (SSSR count). The zero-order valence-electron chi connectivity index (χ0n) is 10.3. The molecule has 0 radical (unpaired) electrons. The molecule has 0 aliphatic heterocycles. The molecule has 0 bridgehead atoms. The summed E-state index contributed by atoms with van der Waals surface area (Å²) in [5, 5.41) is 6.87. The number of nitrogens with one attached hydrogen (secondary N) is 2. The Kier molecular flexibility index (Phi) is 7.74. The lowest BCUT2D eigenvalue weighted by molar-refractivity contribution is 0.593. The van der Waals surface area contributed by atoms with Crippen LogP contribution >= 0.6 is 0 Å². The Hall–Kier alpha value is -0.860. The Morgan fingerprint density at radius 2 is 1.56 bits per heavy atom. The Labute approximate surface area is 99.5 Å². The Morgan fingerprint density at radius 1 is 0.875 bits per heavy atom. The molecule has 2 nitrogen and oxygen atoms in total. The fraction of sp³-hybridized carbons (Fsp3) is 0.571. The topological polar surface area (TPSA) is 24.1 Å². The largest absolute Gasteiger partial charge is 0.317 e. The summed E-state index contributed by atoms with van der Waals surface area (Å²) in [7, 11) is 0. The summed E-state index contributed by atoms with van der Waals surface area (Å²) in [6.45, 7) is 6.67. The molecule has 0 saturated carbocycles. The fourth-order valence-corrected chi connectivity index (χ4v) is 1.64. The summed E-state index contributed by atoms with van der Waals surface area (Å²) in [4.78, 5) is 0. The van der Waals surface area contributed by atoms with Gasteiger partial charge in [-0.15, -0.1) is 0 Å². The van der Waals surface area contributed by atoms with Crippen LogP contribution in [-0.2, 0) is 6.42 Å². The predicted octanol–water partition coefficient (Wildman–Crippen LogP) is 2.21. The van der Waals surface area contributed by atoms with Gasteiger partial charge in [-0.2, -0.15) is 0 Å². The van der Waals surface area contributed by atoms with Crippen molar-refractivity contribution in [3.05, 3.63) is 35.9 Å². The highest BCUT2D eigenvalue weighted by molar-refractivity contribution is 5.14. The van der Waals surface area contributed by atoms with Crippen molar-refractivity contribution >= 4 is 0 Å². The molecular weight excluding hydrogens is 196 g/mol. The predicted molar refractivity (Wildman–Crippen MR) is 70.8 cm³/mol. The summed E-state index contributed by atoms with van der Waals surface area (Å²) in [6, 6.07) is 10.6.